The van der Waals surface area contributed by atoms with Crippen LogP contribution in [-0.4, -0.2) is 30.7 Å². The van der Waals surface area contributed by atoms with Crippen molar-refractivity contribution in [3.05, 3.63) is 24.5 Å². The minimum atomic E-state index is -3.24. The zero-order chi connectivity index (χ0) is 15.7. The molecule has 0 bridgehead atoms. The first-order valence-electron chi connectivity index (χ1n) is 7.66. The number of hydrogen-bond donors (Lipinski definition) is 1. The van der Waals surface area contributed by atoms with Crippen molar-refractivity contribution in [3.8, 4) is 0 Å². The number of nitrogens with zero attached hydrogens (tertiary/aromatic N) is 2. The fraction of sp³-hybridized carbons (Fsp3) is 0.500. The van der Waals surface area contributed by atoms with Gasteiger partial charge in [-0.25, -0.2) is 18.4 Å². The maximum atomic E-state index is 11.8. The summed E-state index contributed by atoms with van der Waals surface area (Å²) >= 11 is 0. The Hall–Kier alpha value is -1.69. The lowest BCUT2D eigenvalue weighted by Gasteiger charge is -2.30. The molecule has 118 valence electrons. The molecule has 1 aliphatic rings. The van der Waals surface area contributed by atoms with E-state index in [2.05, 4.69) is 22.2 Å². The van der Waals surface area contributed by atoms with Gasteiger partial charge in [0.15, 0.2) is 9.84 Å². The van der Waals surface area contributed by atoms with Crippen LogP contribution in [-0.2, 0) is 9.84 Å². The Bertz CT molecular complexity index is 789. The summed E-state index contributed by atoms with van der Waals surface area (Å²) in [5.41, 5.74) is 0.758. The summed E-state index contributed by atoms with van der Waals surface area (Å²) in [4.78, 5) is 8.87. The molecule has 2 atom stereocenters. The van der Waals surface area contributed by atoms with E-state index in [0.29, 0.717) is 16.9 Å². The van der Waals surface area contributed by atoms with E-state index in [1.54, 1.807) is 18.2 Å². The Kier molecular flexibility index (Phi) is 4.04. The van der Waals surface area contributed by atoms with Gasteiger partial charge in [-0.15, -0.1) is 0 Å². The molecule has 0 amide bonds. The number of fused-ring (bicyclic) bond motifs is 1. The van der Waals surface area contributed by atoms with Gasteiger partial charge in [-0.3, -0.25) is 0 Å². The molecular weight excluding hydrogens is 298 g/mol. The van der Waals surface area contributed by atoms with Gasteiger partial charge in [0.1, 0.15) is 12.1 Å². The standard InChI is InChI=1S/C16H21N3O2S/c1-11-5-3-4-6-14(11)19-16-13-9-12(22(2,20)21)7-8-15(13)17-10-18-16/h7-11,14H,3-6H2,1-2H3,(H,17,18,19). The predicted octanol–water partition coefficient (Wildman–Crippen LogP) is 3.02. The highest BCUT2D eigenvalue weighted by Crippen LogP contribution is 2.29. The van der Waals surface area contributed by atoms with Gasteiger partial charge in [-0.1, -0.05) is 19.8 Å². The second-order valence-corrected chi connectivity index (χ2v) is 8.20. The summed E-state index contributed by atoms with van der Waals surface area (Å²) in [6, 6.07) is 5.38. The number of benzene rings is 1. The van der Waals surface area contributed by atoms with Crippen LogP contribution >= 0.6 is 0 Å². The minimum absolute atomic E-state index is 0.301. The van der Waals surface area contributed by atoms with Gasteiger partial charge >= 0.3 is 0 Å². The van der Waals surface area contributed by atoms with Crippen LogP contribution in [0, 0.1) is 5.92 Å². The molecule has 0 aliphatic heterocycles. The van der Waals surface area contributed by atoms with Crippen LogP contribution in [0.4, 0.5) is 5.82 Å². The molecule has 0 saturated heterocycles. The van der Waals surface area contributed by atoms with Crippen molar-refractivity contribution >= 4 is 26.6 Å². The maximum absolute atomic E-state index is 11.8. The molecule has 1 fully saturated rings. The topological polar surface area (TPSA) is 72.0 Å². The number of sulfone groups is 1. The van der Waals surface area contributed by atoms with Gasteiger partial charge < -0.3 is 5.32 Å². The number of nitrogens with one attached hydrogen (secondary N) is 1. The number of aromatic nitrogens is 2. The van der Waals surface area contributed by atoms with Crippen molar-refractivity contribution in [2.45, 2.75) is 43.5 Å². The van der Waals surface area contributed by atoms with Gasteiger partial charge in [0.05, 0.1) is 10.4 Å². The van der Waals surface area contributed by atoms with Crippen molar-refractivity contribution in [2.75, 3.05) is 11.6 Å². The summed E-state index contributed by atoms with van der Waals surface area (Å²) in [7, 11) is -3.24. The van der Waals surface area contributed by atoms with Gasteiger partial charge in [-0.05, 0) is 37.0 Å². The lowest BCUT2D eigenvalue weighted by Crippen LogP contribution is -2.30. The summed E-state index contributed by atoms with van der Waals surface area (Å²) in [6.45, 7) is 2.25. The van der Waals surface area contributed by atoms with Gasteiger partial charge in [0, 0.05) is 17.7 Å². The summed E-state index contributed by atoms with van der Waals surface area (Å²) in [6.07, 6.45) is 7.59. The molecule has 0 spiro atoms. The summed E-state index contributed by atoms with van der Waals surface area (Å²) in [5.74, 6) is 1.33. The monoisotopic (exact) mass is 319 g/mol. The molecule has 1 aliphatic carbocycles. The average molecular weight is 319 g/mol. The Labute approximate surface area is 131 Å². The first-order chi connectivity index (χ1) is 10.4. The first kappa shape index (κ1) is 15.2. The van der Waals surface area contributed by atoms with Crippen LogP contribution in [0.1, 0.15) is 32.6 Å². The van der Waals surface area contributed by atoms with Gasteiger partial charge in [0.25, 0.3) is 0 Å². The normalized spacial score (nSPS) is 22.6. The van der Waals surface area contributed by atoms with E-state index in [0.717, 1.165) is 23.1 Å². The van der Waals surface area contributed by atoms with Crippen LogP contribution in [0.3, 0.4) is 0 Å². The van der Waals surface area contributed by atoms with Crippen LogP contribution in [0.5, 0.6) is 0 Å². The van der Waals surface area contributed by atoms with E-state index in [4.69, 9.17) is 0 Å². The van der Waals surface area contributed by atoms with E-state index in [1.807, 2.05) is 0 Å². The molecule has 1 heterocycles. The van der Waals surface area contributed by atoms with Crippen molar-refractivity contribution in [3.63, 3.8) is 0 Å². The Balaban J connectivity index is 2.01. The molecule has 1 aromatic carbocycles. The predicted molar refractivity (Wildman–Crippen MR) is 87.7 cm³/mol. The summed E-state index contributed by atoms with van der Waals surface area (Å²) in [5, 5.41) is 4.27. The van der Waals surface area contributed by atoms with Crippen molar-refractivity contribution < 1.29 is 8.42 Å². The number of hydrogen-bond acceptors (Lipinski definition) is 5. The SMILES string of the molecule is CC1CCCCC1Nc1ncnc2ccc(S(C)(=O)=O)cc12. The van der Waals surface area contributed by atoms with Crippen LogP contribution < -0.4 is 5.32 Å². The molecule has 22 heavy (non-hydrogen) atoms. The molecule has 0 radical (unpaired) electrons. The molecule has 2 aromatic rings. The second-order valence-electron chi connectivity index (χ2n) is 6.19. The maximum Gasteiger partial charge on any atom is 0.175 e. The van der Waals surface area contributed by atoms with Gasteiger partial charge in [0.2, 0.25) is 0 Å². The molecule has 1 aromatic heterocycles. The average Bonchev–Trinajstić information content (AvgIpc) is 2.48. The largest absolute Gasteiger partial charge is 0.366 e. The fourth-order valence-corrected chi connectivity index (χ4v) is 3.73. The van der Waals surface area contributed by atoms with E-state index in [-0.39, 0.29) is 0 Å². The van der Waals surface area contributed by atoms with E-state index in [1.165, 1.54) is 31.8 Å². The molecule has 2 unspecified atom stereocenters. The van der Waals surface area contributed by atoms with Gasteiger partial charge in [-0.2, -0.15) is 0 Å². The molecule has 1 N–H and O–H groups in total. The highest BCUT2D eigenvalue weighted by Gasteiger charge is 2.22. The summed E-state index contributed by atoms with van der Waals surface area (Å²) < 4.78 is 23.5. The van der Waals surface area contributed by atoms with E-state index >= 15 is 0 Å². The molecule has 3 rings (SSSR count). The molecule has 6 heteroatoms. The number of anilines is 1. The highest BCUT2D eigenvalue weighted by molar-refractivity contribution is 7.90. The van der Waals surface area contributed by atoms with Crippen LogP contribution in [0.25, 0.3) is 10.9 Å². The Morgan fingerprint density at radius 1 is 1.18 bits per heavy atom. The first-order valence-corrected chi connectivity index (χ1v) is 9.55. The molecular formula is C16H21N3O2S. The Morgan fingerprint density at radius 3 is 2.68 bits per heavy atom. The van der Waals surface area contributed by atoms with Crippen molar-refractivity contribution in [2.24, 2.45) is 5.92 Å². The lowest BCUT2D eigenvalue weighted by molar-refractivity contribution is 0.349. The zero-order valence-electron chi connectivity index (χ0n) is 12.9. The third-order valence-corrected chi connectivity index (χ3v) is 5.58. The second kappa shape index (κ2) is 5.83. The van der Waals surface area contributed by atoms with E-state index in [9.17, 15) is 8.42 Å². The molecule has 5 nitrogen and oxygen atoms in total. The zero-order valence-corrected chi connectivity index (χ0v) is 13.7. The van der Waals surface area contributed by atoms with Crippen molar-refractivity contribution in [1.29, 1.82) is 0 Å². The minimum Gasteiger partial charge on any atom is -0.366 e. The third-order valence-electron chi connectivity index (χ3n) is 4.47. The third kappa shape index (κ3) is 3.06. The quantitative estimate of drug-likeness (QED) is 0.941. The van der Waals surface area contributed by atoms with Crippen LogP contribution in [0.2, 0.25) is 0 Å². The van der Waals surface area contributed by atoms with Crippen LogP contribution in [0.15, 0.2) is 29.4 Å². The van der Waals surface area contributed by atoms with E-state index < -0.39 is 9.84 Å². The number of rotatable bonds is 3. The lowest BCUT2D eigenvalue weighted by atomic mass is 9.86. The highest BCUT2D eigenvalue weighted by atomic mass is 32.2. The molecule has 1 saturated carbocycles. The Morgan fingerprint density at radius 2 is 1.95 bits per heavy atom. The van der Waals surface area contributed by atoms with Crippen molar-refractivity contribution in [1.82, 2.24) is 9.97 Å². The smallest absolute Gasteiger partial charge is 0.175 e. The fourth-order valence-electron chi connectivity index (χ4n) is 3.09.